The Labute approximate surface area is 117 Å². The number of amides is 2. The van der Waals surface area contributed by atoms with Gasteiger partial charge in [-0.3, -0.25) is 0 Å². The maximum atomic E-state index is 11.7. The fourth-order valence-electron chi connectivity index (χ4n) is 1.90. The van der Waals surface area contributed by atoms with Gasteiger partial charge in [-0.05, 0) is 0 Å². The summed E-state index contributed by atoms with van der Waals surface area (Å²) < 4.78 is 15.4. The first kappa shape index (κ1) is 16.7. The van der Waals surface area contributed by atoms with Crippen LogP contribution in [0.5, 0.6) is 0 Å². The first-order valence-corrected chi connectivity index (χ1v) is 6.42. The van der Waals surface area contributed by atoms with Crippen LogP contribution < -0.4 is 10.6 Å². The summed E-state index contributed by atoms with van der Waals surface area (Å²) in [6.07, 6.45) is 0.896. The minimum atomic E-state index is -1.09. The van der Waals surface area contributed by atoms with Gasteiger partial charge in [0.2, 0.25) is 0 Å². The van der Waals surface area contributed by atoms with Gasteiger partial charge >= 0.3 is 12.0 Å². The fourth-order valence-corrected chi connectivity index (χ4v) is 1.90. The molecule has 2 amide bonds. The van der Waals surface area contributed by atoms with Crippen molar-refractivity contribution >= 4 is 12.0 Å². The highest BCUT2D eigenvalue weighted by molar-refractivity contribution is 5.82. The molecule has 3 N–H and O–H groups in total. The Bertz CT molecular complexity index is 330. The molecule has 116 valence electrons. The Morgan fingerprint density at radius 1 is 1.45 bits per heavy atom. The Balaban J connectivity index is 2.39. The fraction of sp³-hybridized carbons (Fsp3) is 0.833. The van der Waals surface area contributed by atoms with Gasteiger partial charge in [0.15, 0.2) is 0 Å². The van der Waals surface area contributed by atoms with E-state index in [1.165, 1.54) is 7.11 Å². The maximum absolute atomic E-state index is 11.7. The molecule has 0 aliphatic carbocycles. The van der Waals surface area contributed by atoms with Crippen molar-refractivity contribution < 1.29 is 28.9 Å². The lowest BCUT2D eigenvalue weighted by Gasteiger charge is -2.26. The number of hydrogen-bond donors (Lipinski definition) is 3. The molecule has 0 aromatic heterocycles. The Morgan fingerprint density at radius 2 is 2.20 bits per heavy atom. The summed E-state index contributed by atoms with van der Waals surface area (Å²) in [5.41, 5.74) is -0.525. The van der Waals surface area contributed by atoms with Crippen LogP contribution in [0.4, 0.5) is 4.79 Å². The number of urea groups is 1. The molecular weight excluding hydrogens is 268 g/mol. The third-order valence-corrected chi connectivity index (χ3v) is 3.29. The zero-order chi connectivity index (χ0) is 15.0. The van der Waals surface area contributed by atoms with Crippen molar-refractivity contribution in [1.29, 1.82) is 0 Å². The maximum Gasteiger partial charge on any atom is 0.326 e. The average Bonchev–Trinajstić information content (AvgIpc) is 2.90. The second-order valence-electron chi connectivity index (χ2n) is 4.69. The Kier molecular flexibility index (Phi) is 6.69. The molecule has 2 atom stereocenters. The van der Waals surface area contributed by atoms with Crippen molar-refractivity contribution in [2.24, 2.45) is 0 Å². The number of carbonyl (C=O) groups excluding carboxylic acids is 1. The zero-order valence-electron chi connectivity index (χ0n) is 11.8. The summed E-state index contributed by atoms with van der Waals surface area (Å²) in [4.78, 5) is 22.7. The van der Waals surface area contributed by atoms with E-state index in [-0.39, 0.29) is 19.6 Å². The molecule has 1 saturated heterocycles. The average molecular weight is 290 g/mol. The topological polar surface area (TPSA) is 106 Å². The lowest BCUT2D eigenvalue weighted by atomic mass is 10.0. The summed E-state index contributed by atoms with van der Waals surface area (Å²) in [5.74, 6) is -1.09. The smallest absolute Gasteiger partial charge is 0.326 e. The molecule has 0 aromatic rings. The number of carboxylic acids is 1. The predicted molar refractivity (Wildman–Crippen MR) is 69.6 cm³/mol. The van der Waals surface area contributed by atoms with Gasteiger partial charge in [0.25, 0.3) is 0 Å². The van der Waals surface area contributed by atoms with Gasteiger partial charge in [-0.25, -0.2) is 9.59 Å². The van der Waals surface area contributed by atoms with Crippen LogP contribution in [-0.4, -0.2) is 69.3 Å². The van der Waals surface area contributed by atoms with Crippen molar-refractivity contribution in [3.63, 3.8) is 0 Å². The number of ether oxygens (including phenoxy) is 3. The number of methoxy groups -OCH3 is 2. The second-order valence-corrected chi connectivity index (χ2v) is 4.69. The van der Waals surface area contributed by atoms with Crippen LogP contribution in [0.3, 0.4) is 0 Å². The third-order valence-electron chi connectivity index (χ3n) is 3.29. The Morgan fingerprint density at radius 3 is 2.70 bits per heavy atom. The van der Waals surface area contributed by atoms with E-state index in [1.807, 2.05) is 0 Å². The van der Waals surface area contributed by atoms with E-state index in [0.717, 1.165) is 0 Å². The molecule has 0 aromatic carbocycles. The molecule has 1 rings (SSSR count). The van der Waals surface area contributed by atoms with Crippen LogP contribution in [0.2, 0.25) is 0 Å². The van der Waals surface area contributed by atoms with Crippen molar-refractivity contribution in [2.75, 3.05) is 40.6 Å². The van der Waals surface area contributed by atoms with Crippen molar-refractivity contribution in [2.45, 2.75) is 24.5 Å². The highest BCUT2D eigenvalue weighted by Gasteiger charge is 2.35. The third kappa shape index (κ3) is 4.95. The normalized spacial score (nSPS) is 23.3. The van der Waals surface area contributed by atoms with Crippen LogP contribution in [0.25, 0.3) is 0 Å². The van der Waals surface area contributed by atoms with Crippen LogP contribution in [0.15, 0.2) is 0 Å². The van der Waals surface area contributed by atoms with E-state index in [0.29, 0.717) is 19.6 Å². The van der Waals surface area contributed by atoms with E-state index in [4.69, 9.17) is 19.3 Å². The van der Waals surface area contributed by atoms with E-state index < -0.39 is 23.6 Å². The lowest BCUT2D eigenvalue weighted by Crippen LogP contribution is -2.51. The number of hydrogen-bond acceptors (Lipinski definition) is 5. The summed E-state index contributed by atoms with van der Waals surface area (Å²) in [6.45, 7) is 1.53. The van der Waals surface area contributed by atoms with Crippen LogP contribution >= 0.6 is 0 Å². The van der Waals surface area contributed by atoms with Gasteiger partial charge < -0.3 is 30.0 Å². The molecule has 1 aliphatic rings. The number of aliphatic carboxylic acids is 1. The van der Waals surface area contributed by atoms with E-state index >= 15 is 0 Å². The molecule has 1 heterocycles. The first-order chi connectivity index (χ1) is 9.53. The van der Waals surface area contributed by atoms with Crippen LogP contribution in [0, 0.1) is 0 Å². The van der Waals surface area contributed by atoms with Gasteiger partial charge in [-0.15, -0.1) is 0 Å². The number of nitrogens with one attached hydrogen (secondary N) is 2. The summed E-state index contributed by atoms with van der Waals surface area (Å²) in [5, 5.41) is 14.0. The minimum Gasteiger partial charge on any atom is -0.480 e. The predicted octanol–water partition coefficient (Wildman–Crippen LogP) is -0.419. The summed E-state index contributed by atoms with van der Waals surface area (Å²) >= 11 is 0. The molecule has 0 radical (unpaired) electrons. The number of carbonyl (C=O) groups is 2. The lowest BCUT2D eigenvalue weighted by molar-refractivity contribution is -0.139. The second kappa shape index (κ2) is 8.03. The minimum absolute atomic E-state index is 0.206. The quantitative estimate of drug-likeness (QED) is 0.560. The first-order valence-electron chi connectivity index (χ1n) is 6.42. The number of carboxylic acid groups (broad SMARTS) is 1. The highest BCUT2D eigenvalue weighted by atomic mass is 16.5. The molecular formula is C12H22N2O6. The molecule has 2 unspecified atom stereocenters. The summed E-state index contributed by atoms with van der Waals surface area (Å²) in [6, 6.07) is -1.52. The Hall–Kier alpha value is -1.38. The van der Waals surface area contributed by atoms with E-state index in [2.05, 4.69) is 10.6 Å². The molecule has 8 heteroatoms. The van der Waals surface area contributed by atoms with Gasteiger partial charge in [0, 0.05) is 40.3 Å². The molecule has 1 aliphatic heterocycles. The van der Waals surface area contributed by atoms with Gasteiger partial charge in [-0.1, -0.05) is 0 Å². The van der Waals surface area contributed by atoms with Crippen molar-refractivity contribution in [3.05, 3.63) is 0 Å². The van der Waals surface area contributed by atoms with Crippen LogP contribution in [-0.2, 0) is 19.0 Å². The largest absolute Gasteiger partial charge is 0.480 e. The molecule has 20 heavy (non-hydrogen) atoms. The molecule has 0 bridgehead atoms. The monoisotopic (exact) mass is 290 g/mol. The molecule has 8 nitrogen and oxygen atoms in total. The van der Waals surface area contributed by atoms with E-state index in [9.17, 15) is 9.59 Å². The van der Waals surface area contributed by atoms with Gasteiger partial charge in [-0.2, -0.15) is 0 Å². The standard InChI is InChI=1S/C12H22N2O6/c1-18-5-3-9(10(15)16)14-11(17)13-7-12(19-2)4-6-20-8-12/h9H,3-8H2,1-2H3,(H,15,16)(H2,13,14,17). The van der Waals surface area contributed by atoms with E-state index in [1.54, 1.807) is 7.11 Å². The van der Waals surface area contributed by atoms with Gasteiger partial charge in [0.05, 0.1) is 13.2 Å². The van der Waals surface area contributed by atoms with Gasteiger partial charge in [0.1, 0.15) is 11.6 Å². The van der Waals surface area contributed by atoms with Crippen LogP contribution in [0.1, 0.15) is 12.8 Å². The zero-order valence-corrected chi connectivity index (χ0v) is 11.8. The molecule has 0 saturated carbocycles. The summed E-state index contributed by atoms with van der Waals surface area (Å²) in [7, 11) is 3.04. The molecule has 0 spiro atoms. The SMILES string of the molecule is COCCC(NC(=O)NCC1(OC)CCOC1)C(=O)O. The highest BCUT2D eigenvalue weighted by Crippen LogP contribution is 2.21. The molecule has 1 fully saturated rings. The van der Waals surface area contributed by atoms with Crippen molar-refractivity contribution in [3.8, 4) is 0 Å². The van der Waals surface area contributed by atoms with Crippen molar-refractivity contribution in [1.82, 2.24) is 10.6 Å². The number of rotatable bonds is 8.